The summed E-state index contributed by atoms with van der Waals surface area (Å²) in [5.74, 6) is -0.369. The SMILES string of the molecule is Cc1ccccc1NCc1ccc(C(=O)Nc2nc(C)c(C(=O)N(C)C)s2)cc1. The van der Waals surface area contributed by atoms with E-state index in [-0.39, 0.29) is 11.8 Å². The van der Waals surface area contributed by atoms with Crippen LogP contribution in [0.1, 0.15) is 36.9 Å². The van der Waals surface area contributed by atoms with Crippen LogP contribution in [0.3, 0.4) is 0 Å². The Morgan fingerprint density at radius 2 is 1.72 bits per heavy atom. The number of hydrogen-bond acceptors (Lipinski definition) is 5. The molecule has 150 valence electrons. The van der Waals surface area contributed by atoms with Crippen LogP contribution in [0.5, 0.6) is 0 Å². The molecule has 3 aromatic rings. The molecule has 2 aromatic carbocycles. The van der Waals surface area contributed by atoms with Crippen molar-refractivity contribution in [3.8, 4) is 0 Å². The van der Waals surface area contributed by atoms with Crippen LogP contribution in [0.25, 0.3) is 0 Å². The maximum atomic E-state index is 12.5. The lowest BCUT2D eigenvalue weighted by atomic mass is 10.1. The largest absolute Gasteiger partial charge is 0.381 e. The number of rotatable bonds is 6. The fraction of sp³-hybridized carbons (Fsp3) is 0.227. The molecule has 3 rings (SSSR count). The van der Waals surface area contributed by atoms with Crippen LogP contribution in [-0.2, 0) is 6.54 Å². The van der Waals surface area contributed by atoms with Gasteiger partial charge in [0.15, 0.2) is 5.13 Å². The number of carbonyl (C=O) groups excluding carboxylic acids is 2. The topological polar surface area (TPSA) is 74.3 Å². The third-order valence-corrected chi connectivity index (χ3v) is 5.52. The van der Waals surface area contributed by atoms with Gasteiger partial charge in [0.1, 0.15) is 4.88 Å². The summed E-state index contributed by atoms with van der Waals surface area (Å²) < 4.78 is 0. The molecule has 1 heterocycles. The molecule has 0 unspecified atom stereocenters. The van der Waals surface area contributed by atoms with Crippen LogP contribution in [-0.4, -0.2) is 35.8 Å². The average Bonchev–Trinajstić information content (AvgIpc) is 3.07. The predicted molar refractivity (Wildman–Crippen MR) is 118 cm³/mol. The molecule has 0 saturated carbocycles. The fourth-order valence-corrected chi connectivity index (χ4v) is 3.75. The maximum Gasteiger partial charge on any atom is 0.265 e. The van der Waals surface area contributed by atoms with Gasteiger partial charge >= 0.3 is 0 Å². The quantitative estimate of drug-likeness (QED) is 0.637. The zero-order chi connectivity index (χ0) is 21.0. The maximum absolute atomic E-state index is 12.5. The number of nitrogens with one attached hydrogen (secondary N) is 2. The fourth-order valence-electron chi connectivity index (χ4n) is 2.76. The predicted octanol–water partition coefficient (Wildman–Crippen LogP) is 4.33. The third kappa shape index (κ3) is 5.00. The van der Waals surface area contributed by atoms with Gasteiger partial charge in [-0.3, -0.25) is 14.9 Å². The molecule has 0 spiro atoms. The highest BCUT2D eigenvalue weighted by Crippen LogP contribution is 2.24. The minimum absolute atomic E-state index is 0.119. The van der Waals surface area contributed by atoms with E-state index in [0.717, 1.165) is 11.3 Å². The molecule has 2 amide bonds. The molecular formula is C22H24N4O2S. The van der Waals surface area contributed by atoms with Gasteiger partial charge in [-0.05, 0) is 43.2 Å². The van der Waals surface area contributed by atoms with E-state index in [2.05, 4.69) is 28.6 Å². The Labute approximate surface area is 174 Å². The zero-order valence-electron chi connectivity index (χ0n) is 16.9. The summed E-state index contributed by atoms with van der Waals surface area (Å²) >= 11 is 1.18. The summed E-state index contributed by atoms with van der Waals surface area (Å²) in [6, 6.07) is 15.5. The molecule has 0 saturated heterocycles. The summed E-state index contributed by atoms with van der Waals surface area (Å²) in [6.07, 6.45) is 0. The standard InChI is InChI=1S/C22H24N4O2S/c1-14-7-5-6-8-18(14)23-13-16-9-11-17(12-10-16)20(27)25-22-24-15(2)19(29-22)21(28)26(3)4/h5-12,23H,13H2,1-4H3,(H,24,25,27). The van der Waals surface area contributed by atoms with Gasteiger partial charge in [-0.2, -0.15) is 0 Å². The Kier molecular flexibility index (Phi) is 6.29. The Morgan fingerprint density at radius 3 is 2.38 bits per heavy atom. The van der Waals surface area contributed by atoms with Crippen LogP contribution in [0.15, 0.2) is 48.5 Å². The van der Waals surface area contributed by atoms with Crippen molar-refractivity contribution in [2.24, 2.45) is 0 Å². The van der Waals surface area contributed by atoms with Crippen molar-refractivity contribution in [1.82, 2.24) is 9.88 Å². The number of hydrogen-bond donors (Lipinski definition) is 2. The zero-order valence-corrected chi connectivity index (χ0v) is 17.8. The summed E-state index contributed by atoms with van der Waals surface area (Å²) in [7, 11) is 3.38. The number of amides is 2. The molecule has 0 fully saturated rings. The van der Waals surface area contributed by atoms with Gasteiger partial charge < -0.3 is 10.2 Å². The molecule has 7 heteroatoms. The highest BCUT2D eigenvalue weighted by Gasteiger charge is 2.18. The van der Waals surface area contributed by atoms with Gasteiger partial charge in [0.2, 0.25) is 0 Å². The number of nitrogens with zero attached hydrogens (tertiary/aromatic N) is 2. The summed E-state index contributed by atoms with van der Waals surface area (Å²) in [4.78, 5) is 31.0. The number of thiazole rings is 1. The Balaban J connectivity index is 1.63. The van der Waals surface area contributed by atoms with Gasteiger partial charge in [-0.25, -0.2) is 4.98 Å². The number of para-hydroxylation sites is 1. The van der Waals surface area contributed by atoms with Crippen LogP contribution in [0.2, 0.25) is 0 Å². The van der Waals surface area contributed by atoms with E-state index in [4.69, 9.17) is 0 Å². The second kappa shape index (κ2) is 8.87. The first-order valence-corrected chi connectivity index (χ1v) is 10.1. The lowest BCUT2D eigenvalue weighted by Gasteiger charge is -2.10. The third-order valence-electron chi connectivity index (χ3n) is 4.46. The van der Waals surface area contributed by atoms with E-state index in [1.165, 1.54) is 21.8 Å². The number of anilines is 2. The highest BCUT2D eigenvalue weighted by atomic mass is 32.1. The first-order valence-electron chi connectivity index (χ1n) is 9.24. The Morgan fingerprint density at radius 1 is 1.03 bits per heavy atom. The molecule has 0 aliphatic carbocycles. The van der Waals surface area contributed by atoms with Crippen molar-refractivity contribution >= 4 is 34.0 Å². The van der Waals surface area contributed by atoms with Gasteiger partial charge in [0, 0.05) is 31.9 Å². The van der Waals surface area contributed by atoms with Crippen LogP contribution >= 0.6 is 11.3 Å². The van der Waals surface area contributed by atoms with Gasteiger partial charge in [-0.15, -0.1) is 0 Å². The minimum Gasteiger partial charge on any atom is -0.381 e. The molecule has 0 atom stereocenters. The van der Waals surface area contributed by atoms with E-state index < -0.39 is 0 Å². The normalized spacial score (nSPS) is 10.5. The minimum atomic E-state index is -0.249. The smallest absolute Gasteiger partial charge is 0.265 e. The highest BCUT2D eigenvalue weighted by molar-refractivity contribution is 7.17. The second-order valence-electron chi connectivity index (χ2n) is 6.95. The van der Waals surface area contributed by atoms with Crippen molar-refractivity contribution in [3.63, 3.8) is 0 Å². The Hall–Kier alpha value is -3.19. The van der Waals surface area contributed by atoms with E-state index in [9.17, 15) is 9.59 Å². The van der Waals surface area contributed by atoms with Crippen LogP contribution < -0.4 is 10.6 Å². The number of benzene rings is 2. The van der Waals surface area contributed by atoms with Crippen molar-refractivity contribution in [2.75, 3.05) is 24.7 Å². The summed E-state index contributed by atoms with van der Waals surface area (Å²) in [6.45, 7) is 4.50. The van der Waals surface area contributed by atoms with E-state index in [0.29, 0.717) is 27.8 Å². The molecule has 29 heavy (non-hydrogen) atoms. The molecule has 6 nitrogen and oxygen atoms in total. The van der Waals surface area contributed by atoms with E-state index in [1.807, 2.05) is 30.3 Å². The van der Waals surface area contributed by atoms with Crippen LogP contribution in [0.4, 0.5) is 10.8 Å². The monoisotopic (exact) mass is 408 g/mol. The first kappa shape index (κ1) is 20.5. The van der Waals surface area contributed by atoms with Crippen molar-refractivity contribution in [2.45, 2.75) is 20.4 Å². The molecule has 0 aliphatic heterocycles. The lowest BCUT2D eigenvalue weighted by molar-refractivity contribution is 0.0831. The molecular weight excluding hydrogens is 384 g/mol. The molecule has 2 N–H and O–H groups in total. The molecule has 1 aromatic heterocycles. The number of aromatic nitrogens is 1. The number of aryl methyl sites for hydroxylation is 2. The Bertz CT molecular complexity index is 1030. The first-order chi connectivity index (χ1) is 13.8. The van der Waals surface area contributed by atoms with E-state index >= 15 is 0 Å². The molecule has 0 aliphatic rings. The van der Waals surface area contributed by atoms with Gasteiger partial charge in [-0.1, -0.05) is 41.7 Å². The van der Waals surface area contributed by atoms with Gasteiger partial charge in [0.25, 0.3) is 11.8 Å². The van der Waals surface area contributed by atoms with Crippen molar-refractivity contribution in [3.05, 3.63) is 75.8 Å². The molecule has 0 bridgehead atoms. The van der Waals surface area contributed by atoms with Crippen molar-refractivity contribution in [1.29, 1.82) is 0 Å². The summed E-state index contributed by atoms with van der Waals surface area (Å²) in [5.41, 5.74) is 4.51. The summed E-state index contributed by atoms with van der Waals surface area (Å²) in [5, 5.41) is 6.60. The second-order valence-corrected chi connectivity index (χ2v) is 7.95. The van der Waals surface area contributed by atoms with E-state index in [1.54, 1.807) is 33.2 Å². The molecule has 0 radical (unpaired) electrons. The van der Waals surface area contributed by atoms with Crippen LogP contribution in [0, 0.1) is 13.8 Å². The van der Waals surface area contributed by atoms with Gasteiger partial charge in [0.05, 0.1) is 5.69 Å². The van der Waals surface area contributed by atoms with Crippen molar-refractivity contribution < 1.29 is 9.59 Å². The number of carbonyl (C=O) groups is 2. The average molecular weight is 409 g/mol. The lowest BCUT2D eigenvalue weighted by Crippen LogP contribution is -2.21.